The van der Waals surface area contributed by atoms with Crippen LogP contribution in [0.2, 0.25) is 0 Å². The molecule has 0 saturated heterocycles. The number of hydrogen-bond donors (Lipinski definition) is 0. The minimum absolute atomic E-state index is 0. The zero-order valence-corrected chi connectivity index (χ0v) is 22.1. The number of thioether (sulfide) groups is 1. The summed E-state index contributed by atoms with van der Waals surface area (Å²) in [5, 5.41) is 0. The number of hydrogen-bond acceptors (Lipinski definition) is 4. The fraction of sp³-hybridized carbons (Fsp3) is 0.345. The Labute approximate surface area is 213 Å². The van der Waals surface area contributed by atoms with Crippen molar-refractivity contribution in [2.24, 2.45) is 4.99 Å². The molecule has 2 heterocycles. The van der Waals surface area contributed by atoms with Crippen LogP contribution in [0.5, 0.6) is 11.5 Å². The second-order valence-electron chi connectivity index (χ2n) is 10.1. The van der Waals surface area contributed by atoms with Gasteiger partial charge in [0.05, 0.1) is 18.4 Å². The van der Waals surface area contributed by atoms with Gasteiger partial charge in [-0.2, -0.15) is 0 Å². The van der Waals surface area contributed by atoms with Crippen molar-refractivity contribution in [2.45, 2.75) is 62.3 Å². The first kappa shape index (κ1) is 24.7. The monoisotopic (exact) mass is 493 g/mol. The first-order valence-electron chi connectivity index (χ1n) is 11.5. The van der Waals surface area contributed by atoms with Gasteiger partial charge in [0.1, 0.15) is 5.60 Å². The number of aliphatic imine (C=N–C) groups is 1. The van der Waals surface area contributed by atoms with Crippen molar-refractivity contribution < 1.29 is 9.47 Å². The Kier molecular flexibility index (Phi) is 6.76. The molecule has 34 heavy (non-hydrogen) atoms. The van der Waals surface area contributed by atoms with Gasteiger partial charge in [-0.05, 0) is 51.8 Å². The van der Waals surface area contributed by atoms with Crippen LogP contribution in [0, 0.1) is 0 Å². The maximum atomic E-state index is 6.52. The lowest BCUT2D eigenvalue weighted by atomic mass is 9.79. The maximum Gasteiger partial charge on any atom is 0.166 e. The van der Waals surface area contributed by atoms with E-state index < -0.39 is 0 Å². The van der Waals surface area contributed by atoms with E-state index in [-0.39, 0.29) is 23.5 Å². The molecular weight excluding hydrogens is 462 g/mol. The Morgan fingerprint density at radius 1 is 0.912 bits per heavy atom. The van der Waals surface area contributed by atoms with Gasteiger partial charge in [0.25, 0.3) is 0 Å². The second-order valence-corrected chi connectivity index (χ2v) is 11.2. The van der Waals surface area contributed by atoms with Crippen molar-refractivity contribution >= 4 is 29.9 Å². The molecule has 0 fully saturated rings. The number of benzene rings is 3. The third-order valence-electron chi connectivity index (χ3n) is 6.34. The van der Waals surface area contributed by atoms with E-state index in [1.54, 1.807) is 7.11 Å². The lowest BCUT2D eigenvalue weighted by Gasteiger charge is -2.33. The van der Waals surface area contributed by atoms with E-state index in [1.165, 1.54) is 27.1 Å². The fourth-order valence-corrected chi connectivity index (χ4v) is 6.00. The van der Waals surface area contributed by atoms with Gasteiger partial charge in [-0.15, -0.1) is 24.2 Å². The largest absolute Gasteiger partial charge is 0.493 e. The zero-order chi connectivity index (χ0) is 23.2. The summed E-state index contributed by atoms with van der Waals surface area (Å²) in [5.74, 6) is 2.61. The van der Waals surface area contributed by atoms with Gasteiger partial charge < -0.3 is 9.47 Å². The lowest BCUT2D eigenvalue weighted by Crippen LogP contribution is -2.31. The zero-order valence-electron chi connectivity index (χ0n) is 20.5. The van der Waals surface area contributed by atoms with Gasteiger partial charge in [-0.25, -0.2) is 0 Å². The van der Waals surface area contributed by atoms with E-state index in [9.17, 15) is 0 Å². The fourth-order valence-electron chi connectivity index (χ4n) is 5.03. The van der Waals surface area contributed by atoms with Crippen LogP contribution >= 0.6 is 24.2 Å². The van der Waals surface area contributed by atoms with Crippen LogP contribution in [0.1, 0.15) is 55.5 Å². The molecule has 2 aliphatic heterocycles. The molecule has 178 valence electrons. The molecule has 5 heteroatoms. The molecule has 3 nitrogen and oxygen atoms in total. The first-order chi connectivity index (χ1) is 15.8. The van der Waals surface area contributed by atoms with Gasteiger partial charge in [-0.1, -0.05) is 48.5 Å². The predicted octanol–water partition coefficient (Wildman–Crippen LogP) is 7.29. The maximum absolute atomic E-state index is 6.52. The Bertz CT molecular complexity index is 1220. The van der Waals surface area contributed by atoms with Crippen molar-refractivity contribution in [3.8, 4) is 11.5 Å². The van der Waals surface area contributed by atoms with Gasteiger partial charge in [-0.3, -0.25) is 4.99 Å². The molecule has 3 aromatic carbocycles. The summed E-state index contributed by atoms with van der Waals surface area (Å²) in [6.45, 7) is 8.77. The van der Waals surface area contributed by atoms with Gasteiger partial charge >= 0.3 is 0 Å². The molecule has 3 aromatic rings. The molecule has 2 aliphatic rings. The SMILES string of the molecule is COc1c(CSc2ccccc2)c2c(c3c1OC(C)(C)C3)C(c1ccccc1)=NC(C)(C)C2.Cl. The number of halogens is 1. The molecule has 0 saturated carbocycles. The Hall–Kier alpha value is -2.43. The first-order valence-corrected chi connectivity index (χ1v) is 12.5. The molecule has 0 atom stereocenters. The van der Waals surface area contributed by atoms with E-state index in [2.05, 4.69) is 88.4 Å². The summed E-state index contributed by atoms with van der Waals surface area (Å²) >= 11 is 1.84. The predicted molar refractivity (Wildman–Crippen MR) is 145 cm³/mol. The van der Waals surface area contributed by atoms with E-state index in [1.807, 2.05) is 11.8 Å². The number of methoxy groups -OCH3 is 1. The van der Waals surface area contributed by atoms with Gasteiger partial charge in [0, 0.05) is 39.3 Å². The highest BCUT2D eigenvalue weighted by Gasteiger charge is 2.41. The summed E-state index contributed by atoms with van der Waals surface area (Å²) < 4.78 is 12.6. The molecule has 0 bridgehead atoms. The Balaban J connectivity index is 0.00000274. The van der Waals surface area contributed by atoms with Crippen molar-refractivity contribution in [3.05, 3.63) is 88.5 Å². The van der Waals surface area contributed by atoms with Crippen molar-refractivity contribution in [1.29, 1.82) is 0 Å². The highest BCUT2D eigenvalue weighted by atomic mass is 35.5. The summed E-state index contributed by atoms with van der Waals surface area (Å²) in [6, 6.07) is 21.1. The molecule has 0 aromatic heterocycles. The molecule has 0 radical (unpaired) electrons. The average molecular weight is 494 g/mol. The minimum atomic E-state index is -0.274. The molecule has 0 aliphatic carbocycles. The van der Waals surface area contributed by atoms with Crippen LogP contribution < -0.4 is 9.47 Å². The van der Waals surface area contributed by atoms with Crippen LogP contribution in [0.3, 0.4) is 0 Å². The van der Waals surface area contributed by atoms with Crippen LogP contribution in [-0.2, 0) is 18.6 Å². The van der Waals surface area contributed by atoms with Crippen LogP contribution in [0.4, 0.5) is 0 Å². The molecule has 0 unspecified atom stereocenters. The molecule has 0 spiro atoms. The normalized spacial score (nSPS) is 17.0. The lowest BCUT2D eigenvalue weighted by molar-refractivity contribution is 0.134. The topological polar surface area (TPSA) is 30.8 Å². The third-order valence-corrected chi connectivity index (χ3v) is 7.38. The quantitative estimate of drug-likeness (QED) is 0.349. The van der Waals surface area contributed by atoms with Gasteiger partial charge in [0.15, 0.2) is 11.5 Å². The summed E-state index contributed by atoms with van der Waals surface area (Å²) in [6.07, 6.45) is 1.73. The second kappa shape index (κ2) is 9.31. The van der Waals surface area contributed by atoms with Crippen molar-refractivity contribution in [3.63, 3.8) is 0 Å². The highest BCUT2D eigenvalue weighted by Crippen LogP contribution is 2.51. The Morgan fingerprint density at radius 3 is 2.21 bits per heavy atom. The van der Waals surface area contributed by atoms with E-state index >= 15 is 0 Å². The average Bonchev–Trinajstić information content (AvgIpc) is 3.12. The molecular formula is C29H32ClNO2S. The summed E-state index contributed by atoms with van der Waals surface area (Å²) in [5.41, 5.74) is 6.84. The number of rotatable bonds is 5. The van der Waals surface area contributed by atoms with Gasteiger partial charge in [0.2, 0.25) is 0 Å². The summed E-state index contributed by atoms with van der Waals surface area (Å²) in [7, 11) is 1.77. The number of fused-ring (bicyclic) bond motifs is 3. The van der Waals surface area contributed by atoms with Crippen molar-refractivity contribution in [2.75, 3.05) is 7.11 Å². The van der Waals surface area contributed by atoms with Crippen LogP contribution in [0.15, 0.2) is 70.6 Å². The molecule has 0 amide bonds. The molecule has 0 N–H and O–H groups in total. The van der Waals surface area contributed by atoms with E-state index in [0.717, 1.165) is 41.4 Å². The minimum Gasteiger partial charge on any atom is -0.493 e. The summed E-state index contributed by atoms with van der Waals surface area (Å²) in [4.78, 5) is 6.53. The molecule has 5 rings (SSSR count). The smallest absolute Gasteiger partial charge is 0.166 e. The third kappa shape index (κ3) is 4.58. The standard InChI is InChI=1S/C29H31NO2S.ClH/c1-28(2)16-21-23(18-33-20-14-10-7-11-15-20)26(31-5)27-22(17-29(3,4)32-27)24(21)25(30-28)19-12-8-6-9-13-19;/h6-15H,16-18H2,1-5H3;1H. The van der Waals surface area contributed by atoms with E-state index in [4.69, 9.17) is 14.5 Å². The van der Waals surface area contributed by atoms with Crippen LogP contribution in [-0.4, -0.2) is 24.0 Å². The van der Waals surface area contributed by atoms with Crippen molar-refractivity contribution in [1.82, 2.24) is 0 Å². The number of ether oxygens (including phenoxy) is 2. The van der Waals surface area contributed by atoms with Crippen LogP contribution in [0.25, 0.3) is 0 Å². The highest BCUT2D eigenvalue weighted by molar-refractivity contribution is 7.98. The van der Waals surface area contributed by atoms with E-state index in [0.29, 0.717) is 0 Å². The Morgan fingerprint density at radius 2 is 1.56 bits per heavy atom. The number of nitrogens with zero attached hydrogens (tertiary/aromatic N) is 1.